The molecule has 0 saturated heterocycles. The normalized spacial score (nSPS) is 16.7. The Morgan fingerprint density at radius 3 is 2.50 bits per heavy atom. The van der Waals surface area contributed by atoms with Gasteiger partial charge in [-0.3, -0.25) is 0 Å². The Hall–Kier alpha value is -0.450. The highest BCUT2D eigenvalue weighted by Gasteiger charge is 2.32. The van der Waals surface area contributed by atoms with Gasteiger partial charge in [0.2, 0.25) is 0 Å². The Morgan fingerprint density at radius 1 is 1.44 bits per heavy atom. The SMILES string of the molecule is CCC(C)(C(N)Cc1ccc(F)c(Br)c1)N(C)C. The summed E-state index contributed by atoms with van der Waals surface area (Å²) in [6, 6.07) is 5.09. The molecule has 1 aromatic rings. The van der Waals surface area contributed by atoms with E-state index >= 15 is 0 Å². The standard InChI is InChI=1S/C14H22BrFN2/c1-5-14(2,18(3)4)13(17)9-10-6-7-12(16)11(15)8-10/h6-8,13H,5,9,17H2,1-4H3. The van der Waals surface area contributed by atoms with Crippen molar-refractivity contribution in [1.82, 2.24) is 4.90 Å². The second-order valence-corrected chi connectivity index (χ2v) is 6.02. The predicted octanol–water partition coefficient (Wildman–Crippen LogP) is 3.19. The Labute approximate surface area is 117 Å². The van der Waals surface area contributed by atoms with Crippen molar-refractivity contribution in [3.63, 3.8) is 0 Å². The second-order valence-electron chi connectivity index (χ2n) is 5.16. The van der Waals surface area contributed by atoms with E-state index in [1.54, 1.807) is 12.1 Å². The van der Waals surface area contributed by atoms with Crippen LogP contribution in [-0.4, -0.2) is 30.6 Å². The van der Waals surface area contributed by atoms with Crippen molar-refractivity contribution in [2.45, 2.75) is 38.3 Å². The minimum atomic E-state index is -0.238. The number of hydrogen-bond donors (Lipinski definition) is 1. The predicted molar refractivity (Wildman–Crippen MR) is 78.2 cm³/mol. The molecule has 0 amide bonds. The summed E-state index contributed by atoms with van der Waals surface area (Å²) in [7, 11) is 4.09. The van der Waals surface area contributed by atoms with E-state index in [0.29, 0.717) is 4.47 Å². The summed E-state index contributed by atoms with van der Waals surface area (Å²) in [5.41, 5.74) is 7.33. The lowest BCUT2D eigenvalue weighted by Crippen LogP contribution is -2.55. The molecule has 1 aromatic carbocycles. The molecule has 0 fully saturated rings. The molecule has 0 aliphatic carbocycles. The molecule has 0 radical (unpaired) electrons. The van der Waals surface area contributed by atoms with Crippen LogP contribution in [0.5, 0.6) is 0 Å². The molecule has 4 heteroatoms. The highest BCUT2D eigenvalue weighted by molar-refractivity contribution is 9.10. The van der Waals surface area contributed by atoms with E-state index in [4.69, 9.17) is 5.73 Å². The Kier molecular flexibility index (Phi) is 5.32. The van der Waals surface area contributed by atoms with Crippen LogP contribution in [0.15, 0.2) is 22.7 Å². The van der Waals surface area contributed by atoms with E-state index in [1.807, 2.05) is 14.1 Å². The molecule has 102 valence electrons. The monoisotopic (exact) mass is 316 g/mol. The number of hydrogen-bond acceptors (Lipinski definition) is 2. The minimum absolute atomic E-state index is 0.00913. The zero-order chi connectivity index (χ0) is 13.9. The Balaban J connectivity index is 2.86. The van der Waals surface area contributed by atoms with Gasteiger partial charge in [-0.2, -0.15) is 0 Å². The number of halogens is 2. The zero-order valence-corrected chi connectivity index (χ0v) is 13.1. The molecule has 0 aromatic heterocycles. The van der Waals surface area contributed by atoms with Gasteiger partial charge in [0.05, 0.1) is 4.47 Å². The number of benzene rings is 1. The van der Waals surface area contributed by atoms with Gasteiger partial charge in [-0.1, -0.05) is 13.0 Å². The van der Waals surface area contributed by atoms with Crippen molar-refractivity contribution in [2.75, 3.05) is 14.1 Å². The second kappa shape index (κ2) is 6.13. The maximum absolute atomic E-state index is 13.2. The topological polar surface area (TPSA) is 29.3 Å². The molecule has 0 aliphatic heterocycles. The Bertz CT molecular complexity index is 409. The fraction of sp³-hybridized carbons (Fsp3) is 0.571. The Morgan fingerprint density at radius 2 is 2.06 bits per heavy atom. The van der Waals surface area contributed by atoms with Gasteiger partial charge in [0, 0.05) is 11.6 Å². The molecule has 1 rings (SSSR count). The molecule has 2 nitrogen and oxygen atoms in total. The van der Waals surface area contributed by atoms with Crippen molar-refractivity contribution in [2.24, 2.45) is 5.73 Å². The van der Waals surface area contributed by atoms with Crippen LogP contribution in [0.4, 0.5) is 4.39 Å². The summed E-state index contributed by atoms with van der Waals surface area (Å²) in [4.78, 5) is 2.16. The number of rotatable bonds is 5. The van der Waals surface area contributed by atoms with E-state index in [1.165, 1.54) is 6.07 Å². The highest BCUT2D eigenvalue weighted by atomic mass is 79.9. The van der Waals surface area contributed by atoms with Crippen LogP contribution in [0.3, 0.4) is 0 Å². The molecule has 0 saturated carbocycles. The molecule has 2 N–H and O–H groups in total. The third kappa shape index (κ3) is 3.31. The quantitative estimate of drug-likeness (QED) is 0.904. The zero-order valence-electron chi connectivity index (χ0n) is 11.5. The van der Waals surface area contributed by atoms with Gasteiger partial charge in [-0.25, -0.2) is 4.39 Å². The van der Waals surface area contributed by atoms with Gasteiger partial charge in [0.15, 0.2) is 0 Å². The summed E-state index contributed by atoms with van der Waals surface area (Å²) >= 11 is 3.21. The van der Waals surface area contributed by atoms with Crippen LogP contribution in [0.25, 0.3) is 0 Å². The van der Waals surface area contributed by atoms with E-state index < -0.39 is 0 Å². The van der Waals surface area contributed by atoms with Crippen molar-refractivity contribution in [3.8, 4) is 0 Å². The summed E-state index contributed by atoms with van der Waals surface area (Å²) in [5, 5.41) is 0. The van der Waals surface area contributed by atoms with Crippen molar-refractivity contribution < 1.29 is 4.39 Å². The van der Waals surface area contributed by atoms with Gasteiger partial charge < -0.3 is 10.6 Å². The number of nitrogens with two attached hydrogens (primary N) is 1. The maximum atomic E-state index is 13.2. The lowest BCUT2D eigenvalue weighted by molar-refractivity contribution is 0.131. The summed E-state index contributed by atoms with van der Waals surface area (Å²) < 4.78 is 13.7. The van der Waals surface area contributed by atoms with E-state index in [-0.39, 0.29) is 17.4 Å². The molecular formula is C14H22BrFN2. The number of nitrogens with zero attached hydrogens (tertiary/aromatic N) is 1. The van der Waals surface area contributed by atoms with Crippen LogP contribution in [-0.2, 0) is 6.42 Å². The summed E-state index contributed by atoms with van der Waals surface area (Å²) in [6.45, 7) is 4.30. The molecule has 2 atom stereocenters. The van der Waals surface area contributed by atoms with Gasteiger partial charge >= 0.3 is 0 Å². The lowest BCUT2D eigenvalue weighted by atomic mass is 9.85. The number of likely N-dealkylation sites (N-methyl/N-ethyl adjacent to an activating group) is 1. The lowest BCUT2D eigenvalue weighted by Gasteiger charge is -2.41. The smallest absolute Gasteiger partial charge is 0.137 e. The average Bonchev–Trinajstić information content (AvgIpc) is 2.32. The molecule has 0 heterocycles. The minimum Gasteiger partial charge on any atom is -0.326 e. The summed E-state index contributed by atoms with van der Waals surface area (Å²) in [6.07, 6.45) is 1.71. The van der Waals surface area contributed by atoms with Crippen molar-refractivity contribution in [3.05, 3.63) is 34.1 Å². The van der Waals surface area contributed by atoms with Crippen LogP contribution in [0, 0.1) is 5.82 Å². The third-order valence-electron chi connectivity index (χ3n) is 3.98. The van der Waals surface area contributed by atoms with Crippen LogP contribution in [0.1, 0.15) is 25.8 Å². The van der Waals surface area contributed by atoms with Crippen molar-refractivity contribution >= 4 is 15.9 Å². The molecular weight excluding hydrogens is 295 g/mol. The summed E-state index contributed by atoms with van der Waals surface area (Å²) in [5.74, 6) is -0.238. The van der Waals surface area contributed by atoms with E-state index in [2.05, 4.69) is 34.7 Å². The maximum Gasteiger partial charge on any atom is 0.137 e. The van der Waals surface area contributed by atoms with Crippen LogP contribution < -0.4 is 5.73 Å². The molecule has 2 unspecified atom stereocenters. The van der Waals surface area contributed by atoms with Crippen LogP contribution >= 0.6 is 15.9 Å². The van der Waals surface area contributed by atoms with Gasteiger partial charge in [-0.05, 0) is 67.5 Å². The third-order valence-corrected chi connectivity index (χ3v) is 4.58. The fourth-order valence-corrected chi connectivity index (χ4v) is 2.48. The van der Waals surface area contributed by atoms with E-state index in [0.717, 1.165) is 18.4 Å². The van der Waals surface area contributed by atoms with Gasteiger partial charge in [-0.15, -0.1) is 0 Å². The molecule has 0 aliphatic rings. The van der Waals surface area contributed by atoms with Gasteiger partial charge in [0.25, 0.3) is 0 Å². The van der Waals surface area contributed by atoms with Gasteiger partial charge in [0.1, 0.15) is 5.82 Å². The molecule has 0 spiro atoms. The first-order valence-electron chi connectivity index (χ1n) is 6.18. The van der Waals surface area contributed by atoms with Crippen molar-refractivity contribution in [1.29, 1.82) is 0 Å². The first kappa shape index (κ1) is 15.6. The average molecular weight is 317 g/mol. The fourth-order valence-electron chi connectivity index (χ4n) is 2.05. The van der Waals surface area contributed by atoms with Crippen LogP contribution in [0.2, 0.25) is 0 Å². The first-order valence-corrected chi connectivity index (χ1v) is 6.97. The largest absolute Gasteiger partial charge is 0.326 e. The highest BCUT2D eigenvalue weighted by Crippen LogP contribution is 2.24. The van der Waals surface area contributed by atoms with E-state index in [9.17, 15) is 4.39 Å². The molecule has 0 bridgehead atoms. The molecule has 18 heavy (non-hydrogen) atoms. The first-order chi connectivity index (χ1) is 8.31.